The van der Waals surface area contributed by atoms with E-state index in [1.807, 2.05) is 0 Å². The van der Waals surface area contributed by atoms with Crippen molar-refractivity contribution >= 4 is 15.9 Å². The monoisotopic (exact) mass is 384 g/mol. The Morgan fingerprint density at radius 1 is 1.23 bits per heavy atom. The topological polar surface area (TPSA) is 87.0 Å². The van der Waals surface area contributed by atoms with E-state index in [4.69, 9.17) is 4.52 Å². The molecule has 0 atom stereocenters. The van der Waals surface area contributed by atoms with Gasteiger partial charge >= 0.3 is 0 Å². The number of piperidine rings is 1. The van der Waals surface area contributed by atoms with E-state index in [1.165, 1.54) is 25.5 Å². The van der Waals surface area contributed by atoms with Gasteiger partial charge in [-0.15, -0.1) is 0 Å². The lowest BCUT2D eigenvalue weighted by Gasteiger charge is -2.44. The summed E-state index contributed by atoms with van der Waals surface area (Å²) < 4.78 is 31.1. The Balaban J connectivity index is 1.59. The third kappa shape index (κ3) is 4.10. The summed E-state index contributed by atoms with van der Waals surface area (Å²) in [5.41, 5.74) is 1.06. The third-order valence-electron chi connectivity index (χ3n) is 5.32. The van der Waals surface area contributed by atoms with Crippen LogP contribution >= 0.6 is 0 Å². The zero-order valence-corrected chi connectivity index (χ0v) is 16.6. The van der Waals surface area contributed by atoms with Crippen molar-refractivity contribution in [1.29, 1.82) is 0 Å². The van der Waals surface area contributed by atoms with Crippen LogP contribution in [0.4, 0.5) is 0 Å². The van der Waals surface area contributed by atoms with Gasteiger partial charge in [0.05, 0.1) is 18.0 Å². The molecule has 2 saturated heterocycles. The zero-order chi connectivity index (χ0) is 18.9. The van der Waals surface area contributed by atoms with Crippen LogP contribution in [0.5, 0.6) is 0 Å². The van der Waals surface area contributed by atoms with Gasteiger partial charge in [0.1, 0.15) is 11.3 Å². The molecule has 0 unspecified atom stereocenters. The van der Waals surface area contributed by atoms with Crippen LogP contribution in [-0.2, 0) is 10.0 Å². The summed E-state index contributed by atoms with van der Waals surface area (Å²) in [6.45, 7) is 7.59. The number of likely N-dealkylation sites (tertiary alicyclic amines) is 2. The first-order chi connectivity index (χ1) is 12.3. The summed E-state index contributed by atoms with van der Waals surface area (Å²) in [6, 6.07) is -0.154. The molecule has 1 amide bonds. The van der Waals surface area contributed by atoms with Gasteiger partial charge < -0.3 is 14.3 Å². The molecule has 1 aromatic rings. The molecule has 8 nitrogen and oxygen atoms in total. The lowest BCUT2D eigenvalue weighted by molar-refractivity contribution is 0.0435. The molecule has 146 valence electrons. The van der Waals surface area contributed by atoms with Crippen molar-refractivity contribution < 1.29 is 17.7 Å². The summed E-state index contributed by atoms with van der Waals surface area (Å²) >= 11 is 0. The lowest BCUT2D eigenvalue weighted by atomic mass is 10.1. The van der Waals surface area contributed by atoms with Crippen molar-refractivity contribution in [2.75, 3.05) is 45.5 Å². The first kappa shape index (κ1) is 19.3. The Morgan fingerprint density at radius 2 is 1.88 bits per heavy atom. The largest absolute Gasteiger partial charge is 0.361 e. The number of carbonyl (C=O) groups excluding carboxylic acids is 1. The Morgan fingerprint density at radius 3 is 2.42 bits per heavy atom. The summed E-state index contributed by atoms with van der Waals surface area (Å²) in [5, 5.41) is 3.82. The van der Waals surface area contributed by atoms with Crippen LogP contribution in [-0.4, -0.2) is 85.2 Å². The van der Waals surface area contributed by atoms with E-state index >= 15 is 0 Å². The van der Waals surface area contributed by atoms with Crippen molar-refractivity contribution in [3.8, 4) is 0 Å². The average Bonchev–Trinajstić information content (AvgIpc) is 2.87. The highest BCUT2D eigenvalue weighted by molar-refractivity contribution is 7.88. The summed E-state index contributed by atoms with van der Waals surface area (Å²) in [5.74, 6) is 0.364. The molecule has 0 saturated carbocycles. The van der Waals surface area contributed by atoms with Crippen molar-refractivity contribution in [1.82, 2.24) is 19.3 Å². The summed E-state index contributed by atoms with van der Waals surface area (Å²) in [7, 11) is -3.31. The quantitative estimate of drug-likeness (QED) is 0.723. The van der Waals surface area contributed by atoms with Crippen LogP contribution in [0.2, 0.25) is 0 Å². The van der Waals surface area contributed by atoms with E-state index in [2.05, 4.69) is 10.1 Å². The highest BCUT2D eigenvalue weighted by atomic mass is 32.2. The van der Waals surface area contributed by atoms with Crippen LogP contribution in [0.25, 0.3) is 0 Å². The maximum atomic E-state index is 12.6. The Hall–Kier alpha value is -1.45. The summed E-state index contributed by atoms with van der Waals surface area (Å²) in [6.07, 6.45) is 4.87. The molecule has 0 N–H and O–H groups in total. The van der Waals surface area contributed by atoms with Crippen LogP contribution in [0.3, 0.4) is 0 Å². The molecule has 3 heterocycles. The van der Waals surface area contributed by atoms with Gasteiger partial charge in [0, 0.05) is 26.2 Å². The Bertz CT molecular complexity index is 729. The molecule has 2 aliphatic heterocycles. The Labute approximate surface area is 155 Å². The van der Waals surface area contributed by atoms with Gasteiger partial charge in [-0.3, -0.25) is 4.79 Å². The first-order valence-electron chi connectivity index (χ1n) is 9.18. The molecule has 1 aromatic heterocycles. The lowest BCUT2D eigenvalue weighted by Crippen LogP contribution is -2.63. The number of amides is 1. The third-order valence-corrected chi connectivity index (χ3v) is 6.65. The SMILES string of the molecule is Cc1noc(C)c1C(=O)N1CC(N(CCN2CCCCC2)S(C)(=O)=O)C1. The maximum absolute atomic E-state index is 12.6. The van der Waals surface area contributed by atoms with Crippen molar-refractivity contribution in [3.63, 3.8) is 0 Å². The predicted octanol–water partition coefficient (Wildman–Crippen LogP) is 0.863. The van der Waals surface area contributed by atoms with E-state index in [-0.39, 0.29) is 11.9 Å². The molecule has 0 spiro atoms. The second kappa shape index (κ2) is 7.66. The van der Waals surface area contributed by atoms with Crippen LogP contribution in [0, 0.1) is 13.8 Å². The molecular formula is C17H28N4O4S. The van der Waals surface area contributed by atoms with Gasteiger partial charge in [-0.05, 0) is 39.8 Å². The van der Waals surface area contributed by atoms with Crippen LogP contribution < -0.4 is 0 Å². The fourth-order valence-electron chi connectivity index (χ4n) is 3.79. The molecule has 0 radical (unpaired) electrons. The van der Waals surface area contributed by atoms with Gasteiger partial charge in [-0.25, -0.2) is 8.42 Å². The molecule has 0 aromatic carbocycles. The fourth-order valence-corrected chi connectivity index (χ4v) is 4.88. The zero-order valence-electron chi connectivity index (χ0n) is 15.8. The maximum Gasteiger partial charge on any atom is 0.259 e. The van der Waals surface area contributed by atoms with Crippen molar-refractivity contribution in [2.24, 2.45) is 0 Å². The number of hydrogen-bond donors (Lipinski definition) is 0. The number of rotatable bonds is 6. The number of carbonyl (C=O) groups is 1. The standard InChI is InChI=1S/C17H28N4O4S/c1-13-16(14(2)25-18-13)17(22)20-11-15(12-20)21(26(3,23)24)10-9-19-7-5-4-6-8-19/h15H,4-12H2,1-3H3. The first-order valence-corrected chi connectivity index (χ1v) is 11.0. The van der Waals surface area contributed by atoms with E-state index in [1.54, 1.807) is 23.1 Å². The van der Waals surface area contributed by atoms with E-state index in [0.29, 0.717) is 36.7 Å². The molecule has 0 bridgehead atoms. The number of sulfonamides is 1. The number of hydrogen-bond acceptors (Lipinski definition) is 6. The van der Waals surface area contributed by atoms with E-state index < -0.39 is 10.0 Å². The highest BCUT2D eigenvalue weighted by Crippen LogP contribution is 2.23. The van der Waals surface area contributed by atoms with Gasteiger partial charge in [0.25, 0.3) is 5.91 Å². The second-order valence-corrected chi connectivity index (χ2v) is 9.27. The smallest absolute Gasteiger partial charge is 0.259 e. The molecular weight excluding hydrogens is 356 g/mol. The van der Waals surface area contributed by atoms with E-state index in [9.17, 15) is 13.2 Å². The number of nitrogens with zero attached hydrogens (tertiary/aromatic N) is 4. The molecule has 9 heteroatoms. The molecule has 3 rings (SSSR count). The van der Waals surface area contributed by atoms with Gasteiger partial charge in [0.2, 0.25) is 10.0 Å². The number of aryl methyl sites for hydroxylation is 2. The fraction of sp³-hybridized carbons (Fsp3) is 0.765. The van der Waals surface area contributed by atoms with Gasteiger partial charge in [0.15, 0.2) is 0 Å². The molecule has 26 heavy (non-hydrogen) atoms. The molecule has 0 aliphatic carbocycles. The predicted molar refractivity (Wildman–Crippen MR) is 97.5 cm³/mol. The van der Waals surface area contributed by atoms with E-state index in [0.717, 1.165) is 19.6 Å². The average molecular weight is 385 g/mol. The van der Waals surface area contributed by atoms with Crippen LogP contribution in [0.15, 0.2) is 4.52 Å². The van der Waals surface area contributed by atoms with Crippen molar-refractivity contribution in [3.05, 3.63) is 17.0 Å². The Kier molecular flexibility index (Phi) is 5.69. The molecule has 2 aliphatic rings. The minimum Gasteiger partial charge on any atom is -0.361 e. The van der Waals surface area contributed by atoms with Crippen molar-refractivity contribution in [2.45, 2.75) is 39.2 Å². The summed E-state index contributed by atoms with van der Waals surface area (Å²) in [4.78, 5) is 16.6. The van der Waals surface area contributed by atoms with Crippen LogP contribution in [0.1, 0.15) is 41.1 Å². The number of aromatic nitrogens is 1. The normalized spacial score (nSPS) is 19.8. The van der Waals surface area contributed by atoms with Gasteiger partial charge in [-0.2, -0.15) is 4.31 Å². The molecule has 2 fully saturated rings. The second-order valence-electron chi connectivity index (χ2n) is 7.34. The minimum atomic E-state index is -3.31. The van der Waals surface area contributed by atoms with Gasteiger partial charge in [-0.1, -0.05) is 11.6 Å². The minimum absolute atomic E-state index is 0.137. The highest BCUT2D eigenvalue weighted by Gasteiger charge is 2.40.